The molecule has 9 heteroatoms. The molecular formula is C26H20N4O5. The van der Waals surface area contributed by atoms with Gasteiger partial charge < -0.3 is 18.9 Å². The highest BCUT2D eigenvalue weighted by Crippen LogP contribution is 2.35. The number of para-hydroxylation sites is 1. The van der Waals surface area contributed by atoms with Crippen molar-refractivity contribution < 1.29 is 23.7 Å². The lowest BCUT2D eigenvalue weighted by Crippen LogP contribution is -2.17. The number of aromatic nitrogens is 2. The molecule has 1 N–H and O–H groups in total. The average molecular weight is 468 g/mol. The van der Waals surface area contributed by atoms with Crippen LogP contribution in [0.15, 0.2) is 78.0 Å². The van der Waals surface area contributed by atoms with Crippen molar-refractivity contribution in [1.82, 2.24) is 15.2 Å². The molecule has 1 amide bonds. The van der Waals surface area contributed by atoms with Crippen LogP contribution >= 0.6 is 0 Å². The Morgan fingerprint density at radius 1 is 0.886 bits per heavy atom. The second kappa shape index (κ2) is 8.86. The van der Waals surface area contributed by atoms with Crippen molar-refractivity contribution in [2.75, 3.05) is 20.0 Å². The van der Waals surface area contributed by atoms with E-state index in [1.54, 1.807) is 29.1 Å². The van der Waals surface area contributed by atoms with Gasteiger partial charge >= 0.3 is 0 Å². The topological polar surface area (TPSA) is 96.2 Å². The van der Waals surface area contributed by atoms with Crippen molar-refractivity contribution in [3.05, 3.63) is 84.1 Å². The Labute approximate surface area is 200 Å². The number of carbonyl (C=O) groups is 1. The highest BCUT2D eigenvalue weighted by Gasteiger charge is 2.18. The number of hydrogen-bond acceptors (Lipinski definition) is 7. The molecule has 0 bridgehead atoms. The first-order chi connectivity index (χ1) is 17.2. The van der Waals surface area contributed by atoms with E-state index in [0.717, 1.165) is 16.8 Å². The maximum atomic E-state index is 12.6. The van der Waals surface area contributed by atoms with Crippen molar-refractivity contribution in [2.24, 2.45) is 5.10 Å². The van der Waals surface area contributed by atoms with Gasteiger partial charge in [-0.25, -0.2) is 10.1 Å². The molecule has 0 fully saturated rings. The number of nitrogens with one attached hydrogen (secondary N) is 1. The van der Waals surface area contributed by atoms with Crippen LogP contribution in [0, 0.1) is 0 Å². The molecule has 9 nitrogen and oxygen atoms in total. The lowest BCUT2D eigenvalue weighted by Gasteiger charge is -2.18. The van der Waals surface area contributed by atoms with Gasteiger partial charge in [-0.2, -0.15) is 10.2 Å². The molecular weight excluding hydrogens is 448 g/mol. The van der Waals surface area contributed by atoms with Gasteiger partial charge in [-0.05, 0) is 48.5 Å². The fourth-order valence-electron chi connectivity index (χ4n) is 3.87. The number of rotatable bonds is 5. The summed E-state index contributed by atoms with van der Waals surface area (Å²) in [6.45, 7) is 1.16. The number of ether oxygens (including phenoxy) is 4. The first-order valence-electron chi connectivity index (χ1n) is 11.0. The number of fused-ring (bicyclic) bond motifs is 2. The highest BCUT2D eigenvalue weighted by molar-refractivity contribution is 5.96. The molecule has 174 valence electrons. The summed E-state index contributed by atoms with van der Waals surface area (Å²) < 4.78 is 23.8. The van der Waals surface area contributed by atoms with Crippen molar-refractivity contribution in [3.8, 4) is 39.9 Å². The lowest BCUT2D eigenvalue weighted by atomic mass is 10.1. The molecule has 35 heavy (non-hydrogen) atoms. The number of nitrogens with zero attached hydrogens (tertiary/aromatic N) is 3. The third-order valence-electron chi connectivity index (χ3n) is 5.58. The van der Waals surface area contributed by atoms with Gasteiger partial charge in [-0.15, -0.1) is 0 Å². The van der Waals surface area contributed by atoms with E-state index in [0.29, 0.717) is 47.5 Å². The predicted molar refractivity (Wildman–Crippen MR) is 128 cm³/mol. The van der Waals surface area contributed by atoms with Crippen LogP contribution in [0.4, 0.5) is 0 Å². The summed E-state index contributed by atoms with van der Waals surface area (Å²) in [7, 11) is 0. The summed E-state index contributed by atoms with van der Waals surface area (Å²) in [5, 5.41) is 8.97. The Bertz CT molecular complexity index is 1430. The largest absolute Gasteiger partial charge is 0.486 e. The molecule has 6 rings (SSSR count). The van der Waals surface area contributed by atoms with Gasteiger partial charge in [-0.1, -0.05) is 18.2 Å². The van der Waals surface area contributed by atoms with Crippen LogP contribution in [0.5, 0.6) is 23.0 Å². The molecule has 0 saturated heterocycles. The molecule has 0 atom stereocenters. The fourth-order valence-corrected chi connectivity index (χ4v) is 3.87. The van der Waals surface area contributed by atoms with E-state index in [1.807, 2.05) is 54.7 Å². The van der Waals surface area contributed by atoms with E-state index >= 15 is 0 Å². The molecule has 0 spiro atoms. The van der Waals surface area contributed by atoms with E-state index in [4.69, 9.17) is 24.0 Å². The van der Waals surface area contributed by atoms with Gasteiger partial charge in [0.25, 0.3) is 5.91 Å². The minimum Gasteiger partial charge on any atom is -0.486 e. The summed E-state index contributed by atoms with van der Waals surface area (Å²) in [4.78, 5) is 12.6. The van der Waals surface area contributed by atoms with E-state index in [1.165, 1.54) is 0 Å². The summed E-state index contributed by atoms with van der Waals surface area (Å²) in [5.41, 5.74) is 6.13. The standard InChI is InChI=1S/C26H20N4O5/c31-26(18-7-9-22-24(13-18)35-16-34-22)28-27-14-19-15-30(20-4-2-1-3-5-20)29-25(19)17-6-8-21-23(12-17)33-11-10-32-21/h1-9,12-15H,10-11,16H2,(H,28,31)/b27-14-. The van der Waals surface area contributed by atoms with E-state index in [2.05, 4.69) is 10.5 Å². The zero-order chi connectivity index (χ0) is 23.6. The van der Waals surface area contributed by atoms with Crippen LogP contribution in [0.3, 0.4) is 0 Å². The zero-order valence-corrected chi connectivity index (χ0v) is 18.5. The van der Waals surface area contributed by atoms with Crippen LogP contribution in [0.2, 0.25) is 0 Å². The predicted octanol–water partition coefficient (Wildman–Crippen LogP) is 3.80. The average Bonchev–Trinajstić information content (AvgIpc) is 3.56. The van der Waals surface area contributed by atoms with Gasteiger partial charge in [0.15, 0.2) is 23.0 Å². The number of hydrazone groups is 1. The Morgan fingerprint density at radius 2 is 1.63 bits per heavy atom. The van der Waals surface area contributed by atoms with E-state index in [9.17, 15) is 4.79 Å². The van der Waals surface area contributed by atoms with Crippen LogP contribution in [-0.2, 0) is 0 Å². The molecule has 0 unspecified atom stereocenters. The third kappa shape index (κ3) is 4.15. The van der Waals surface area contributed by atoms with Gasteiger partial charge in [0.05, 0.1) is 11.9 Å². The lowest BCUT2D eigenvalue weighted by molar-refractivity contribution is 0.0954. The molecule has 2 aliphatic rings. The van der Waals surface area contributed by atoms with Crippen molar-refractivity contribution in [2.45, 2.75) is 0 Å². The second-order valence-electron chi connectivity index (χ2n) is 7.84. The number of benzene rings is 3. The van der Waals surface area contributed by atoms with E-state index < -0.39 is 0 Å². The summed E-state index contributed by atoms with van der Waals surface area (Å²) >= 11 is 0. The van der Waals surface area contributed by atoms with Crippen molar-refractivity contribution in [3.63, 3.8) is 0 Å². The van der Waals surface area contributed by atoms with Crippen molar-refractivity contribution in [1.29, 1.82) is 0 Å². The maximum absolute atomic E-state index is 12.6. The molecule has 1 aromatic heterocycles. The first-order valence-corrected chi connectivity index (χ1v) is 11.0. The molecule has 0 saturated carbocycles. The Balaban J connectivity index is 1.30. The molecule has 4 aromatic rings. The Morgan fingerprint density at radius 3 is 2.51 bits per heavy atom. The number of hydrogen-bond donors (Lipinski definition) is 1. The monoisotopic (exact) mass is 468 g/mol. The molecule has 0 radical (unpaired) electrons. The third-order valence-corrected chi connectivity index (χ3v) is 5.58. The normalized spacial score (nSPS) is 13.7. The minimum atomic E-state index is -0.365. The van der Waals surface area contributed by atoms with Crippen LogP contribution in [-0.4, -0.2) is 41.9 Å². The first kappa shape index (κ1) is 20.8. The van der Waals surface area contributed by atoms with E-state index in [-0.39, 0.29) is 12.7 Å². The zero-order valence-electron chi connectivity index (χ0n) is 18.5. The second-order valence-corrected chi connectivity index (χ2v) is 7.84. The molecule has 3 aromatic carbocycles. The fraction of sp³-hybridized carbons (Fsp3) is 0.115. The Hall–Kier alpha value is -4.79. The molecule has 2 aliphatic heterocycles. The number of carbonyl (C=O) groups excluding carboxylic acids is 1. The van der Waals surface area contributed by atoms with Gasteiger partial charge in [0.1, 0.15) is 18.9 Å². The smallest absolute Gasteiger partial charge is 0.271 e. The summed E-state index contributed by atoms with van der Waals surface area (Å²) in [6, 6.07) is 20.4. The van der Waals surface area contributed by atoms with Crippen molar-refractivity contribution >= 4 is 12.1 Å². The molecule has 3 heterocycles. The highest BCUT2D eigenvalue weighted by atomic mass is 16.7. The maximum Gasteiger partial charge on any atom is 0.271 e. The van der Waals surface area contributed by atoms with Crippen LogP contribution < -0.4 is 24.4 Å². The van der Waals surface area contributed by atoms with Crippen LogP contribution in [0.1, 0.15) is 15.9 Å². The number of amides is 1. The SMILES string of the molecule is O=C(N/N=C\c1cn(-c2ccccc2)nc1-c1ccc2c(c1)OCCO2)c1ccc2c(c1)OCO2. The van der Waals surface area contributed by atoms with Gasteiger partial charge in [0, 0.05) is 22.9 Å². The van der Waals surface area contributed by atoms with Gasteiger partial charge in [-0.3, -0.25) is 4.79 Å². The summed E-state index contributed by atoms with van der Waals surface area (Å²) in [6.07, 6.45) is 3.43. The Kier molecular flexibility index (Phi) is 5.27. The molecule has 0 aliphatic carbocycles. The quantitative estimate of drug-likeness (QED) is 0.354. The minimum absolute atomic E-state index is 0.145. The summed E-state index contributed by atoms with van der Waals surface area (Å²) in [5.74, 6) is 2.15. The van der Waals surface area contributed by atoms with Crippen LogP contribution in [0.25, 0.3) is 16.9 Å². The van der Waals surface area contributed by atoms with Gasteiger partial charge in [0.2, 0.25) is 6.79 Å².